The van der Waals surface area contributed by atoms with Gasteiger partial charge in [-0.15, -0.1) is 0 Å². The van der Waals surface area contributed by atoms with Crippen LogP contribution in [0.1, 0.15) is 33.6 Å². The van der Waals surface area contributed by atoms with Crippen LogP contribution in [0.5, 0.6) is 0 Å². The SMILES string of the molecule is O=C(O)c1ccc(C(=O)NCC2CCCO2)c(F)c1. The minimum Gasteiger partial charge on any atom is -0.478 e. The third-order valence-electron chi connectivity index (χ3n) is 2.97. The summed E-state index contributed by atoms with van der Waals surface area (Å²) in [6.07, 6.45) is 1.81. The highest BCUT2D eigenvalue weighted by Crippen LogP contribution is 2.13. The van der Waals surface area contributed by atoms with Crippen LogP contribution >= 0.6 is 0 Å². The molecule has 1 atom stereocenters. The smallest absolute Gasteiger partial charge is 0.335 e. The van der Waals surface area contributed by atoms with E-state index in [0.29, 0.717) is 13.2 Å². The standard InChI is InChI=1S/C13H14FNO4/c14-11-6-8(13(17)18)3-4-10(11)12(16)15-7-9-2-1-5-19-9/h3-4,6,9H,1-2,5,7H2,(H,15,16)(H,17,18). The van der Waals surface area contributed by atoms with E-state index >= 15 is 0 Å². The molecule has 5 nitrogen and oxygen atoms in total. The number of carbonyl (C=O) groups is 2. The van der Waals surface area contributed by atoms with Crippen LogP contribution in [0.3, 0.4) is 0 Å². The van der Waals surface area contributed by atoms with Gasteiger partial charge in [0, 0.05) is 13.2 Å². The lowest BCUT2D eigenvalue weighted by atomic mass is 10.1. The Kier molecular flexibility index (Phi) is 4.11. The molecule has 1 aromatic rings. The Bertz CT molecular complexity index is 497. The zero-order valence-electron chi connectivity index (χ0n) is 10.2. The van der Waals surface area contributed by atoms with Gasteiger partial charge in [-0.2, -0.15) is 0 Å². The number of rotatable bonds is 4. The molecule has 0 bridgehead atoms. The van der Waals surface area contributed by atoms with Crippen LogP contribution in [0.4, 0.5) is 4.39 Å². The first kappa shape index (κ1) is 13.5. The lowest BCUT2D eigenvalue weighted by Gasteiger charge is -2.11. The summed E-state index contributed by atoms with van der Waals surface area (Å²) < 4.78 is 18.9. The molecule has 0 spiro atoms. The molecule has 0 aliphatic carbocycles. The number of hydrogen-bond acceptors (Lipinski definition) is 3. The van der Waals surface area contributed by atoms with Crippen molar-refractivity contribution in [3.63, 3.8) is 0 Å². The van der Waals surface area contributed by atoms with Crippen molar-refractivity contribution >= 4 is 11.9 Å². The minimum absolute atomic E-state index is 0.0229. The van der Waals surface area contributed by atoms with Gasteiger partial charge >= 0.3 is 5.97 Å². The molecule has 0 saturated carbocycles. The second kappa shape index (κ2) is 5.79. The summed E-state index contributed by atoms with van der Waals surface area (Å²) in [6.45, 7) is 1.02. The van der Waals surface area contributed by atoms with Crippen LogP contribution in [0.25, 0.3) is 0 Å². The summed E-state index contributed by atoms with van der Waals surface area (Å²) in [5, 5.41) is 11.3. The van der Waals surface area contributed by atoms with Crippen molar-refractivity contribution in [1.29, 1.82) is 0 Å². The second-order valence-corrected chi connectivity index (χ2v) is 4.34. The highest BCUT2D eigenvalue weighted by atomic mass is 19.1. The van der Waals surface area contributed by atoms with E-state index in [0.717, 1.165) is 18.9 Å². The lowest BCUT2D eigenvalue weighted by molar-refractivity contribution is 0.0695. The Morgan fingerprint density at radius 1 is 1.47 bits per heavy atom. The lowest BCUT2D eigenvalue weighted by Crippen LogP contribution is -2.32. The minimum atomic E-state index is -1.23. The van der Waals surface area contributed by atoms with Gasteiger partial charge in [0.15, 0.2) is 0 Å². The number of ether oxygens (including phenoxy) is 1. The molecule has 1 fully saturated rings. The van der Waals surface area contributed by atoms with Crippen LogP contribution in [0, 0.1) is 5.82 Å². The van der Waals surface area contributed by atoms with Crippen LogP contribution in [0.2, 0.25) is 0 Å². The van der Waals surface area contributed by atoms with Crippen molar-refractivity contribution in [3.8, 4) is 0 Å². The van der Waals surface area contributed by atoms with E-state index in [4.69, 9.17) is 9.84 Å². The summed E-state index contributed by atoms with van der Waals surface area (Å²) in [6, 6.07) is 3.21. The molecule has 102 valence electrons. The maximum absolute atomic E-state index is 13.6. The van der Waals surface area contributed by atoms with Crippen LogP contribution in [0.15, 0.2) is 18.2 Å². The Balaban J connectivity index is 2.00. The molecule has 2 rings (SSSR count). The predicted octanol–water partition coefficient (Wildman–Crippen LogP) is 1.43. The molecule has 2 N–H and O–H groups in total. The molecule has 1 amide bonds. The summed E-state index contributed by atoms with van der Waals surface area (Å²) in [5.74, 6) is -2.64. The van der Waals surface area contributed by atoms with Gasteiger partial charge in [-0.3, -0.25) is 4.79 Å². The predicted molar refractivity (Wildman–Crippen MR) is 64.7 cm³/mol. The fourth-order valence-electron chi connectivity index (χ4n) is 1.94. The van der Waals surface area contributed by atoms with Crippen LogP contribution in [-0.2, 0) is 4.74 Å². The van der Waals surface area contributed by atoms with Crippen LogP contribution < -0.4 is 5.32 Å². The van der Waals surface area contributed by atoms with E-state index in [-0.39, 0.29) is 17.2 Å². The van der Waals surface area contributed by atoms with E-state index in [1.54, 1.807) is 0 Å². The summed E-state index contributed by atoms with van der Waals surface area (Å²) in [5.41, 5.74) is -0.351. The first-order valence-electron chi connectivity index (χ1n) is 6.00. The number of halogens is 1. The van der Waals surface area contributed by atoms with E-state index in [2.05, 4.69) is 5.32 Å². The highest BCUT2D eigenvalue weighted by Gasteiger charge is 2.18. The molecule has 1 aliphatic heterocycles. The Labute approximate surface area is 109 Å². The Hall–Kier alpha value is -1.95. The van der Waals surface area contributed by atoms with E-state index in [1.165, 1.54) is 12.1 Å². The molecular formula is C13H14FNO4. The normalized spacial score (nSPS) is 18.3. The molecule has 1 heterocycles. The molecule has 0 aromatic heterocycles. The van der Waals surface area contributed by atoms with Crippen molar-refractivity contribution in [2.45, 2.75) is 18.9 Å². The largest absolute Gasteiger partial charge is 0.478 e. The van der Waals surface area contributed by atoms with Gasteiger partial charge in [-0.25, -0.2) is 9.18 Å². The van der Waals surface area contributed by atoms with Crippen LogP contribution in [-0.4, -0.2) is 36.2 Å². The molecule has 1 aromatic carbocycles. The number of carboxylic acids is 1. The van der Waals surface area contributed by atoms with Gasteiger partial charge in [-0.05, 0) is 31.0 Å². The van der Waals surface area contributed by atoms with Gasteiger partial charge in [-0.1, -0.05) is 0 Å². The molecule has 1 saturated heterocycles. The van der Waals surface area contributed by atoms with Gasteiger partial charge < -0.3 is 15.2 Å². The third kappa shape index (κ3) is 3.29. The fraction of sp³-hybridized carbons (Fsp3) is 0.385. The van der Waals surface area contributed by atoms with Crippen molar-refractivity contribution < 1.29 is 23.8 Å². The summed E-state index contributed by atoms with van der Waals surface area (Å²) in [7, 11) is 0. The number of benzene rings is 1. The average Bonchev–Trinajstić information content (AvgIpc) is 2.88. The highest BCUT2D eigenvalue weighted by molar-refractivity contribution is 5.96. The van der Waals surface area contributed by atoms with Gasteiger partial charge in [0.25, 0.3) is 5.91 Å². The molecule has 6 heteroatoms. The van der Waals surface area contributed by atoms with Gasteiger partial charge in [0.1, 0.15) is 5.82 Å². The number of amides is 1. The number of aromatic carboxylic acids is 1. The summed E-state index contributed by atoms with van der Waals surface area (Å²) in [4.78, 5) is 22.4. The first-order valence-corrected chi connectivity index (χ1v) is 6.00. The molecule has 0 radical (unpaired) electrons. The zero-order chi connectivity index (χ0) is 13.8. The topological polar surface area (TPSA) is 75.6 Å². The van der Waals surface area contributed by atoms with Gasteiger partial charge in [0.05, 0.1) is 17.2 Å². The maximum Gasteiger partial charge on any atom is 0.335 e. The van der Waals surface area contributed by atoms with E-state index in [9.17, 15) is 14.0 Å². The maximum atomic E-state index is 13.6. The molecular weight excluding hydrogens is 253 g/mol. The molecule has 1 aliphatic rings. The summed E-state index contributed by atoms with van der Waals surface area (Å²) >= 11 is 0. The van der Waals surface area contributed by atoms with Gasteiger partial charge in [0.2, 0.25) is 0 Å². The quantitative estimate of drug-likeness (QED) is 0.865. The van der Waals surface area contributed by atoms with Crippen molar-refractivity contribution in [2.75, 3.05) is 13.2 Å². The number of nitrogens with one attached hydrogen (secondary N) is 1. The van der Waals surface area contributed by atoms with Crippen molar-refractivity contribution in [2.24, 2.45) is 0 Å². The number of carboxylic acid groups (broad SMARTS) is 1. The number of hydrogen-bond donors (Lipinski definition) is 2. The average molecular weight is 267 g/mol. The fourth-order valence-corrected chi connectivity index (χ4v) is 1.94. The van der Waals surface area contributed by atoms with E-state index < -0.39 is 17.7 Å². The zero-order valence-corrected chi connectivity index (χ0v) is 10.2. The number of carbonyl (C=O) groups excluding carboxylic acids is 1. The second-order valence-electron chi connectivity index (χ2n) is 4.34. The van der Waals surface area contributed by atoms with E-state index in [1.807, 2.05) is 0 Å². The van der Waals surface area contributed by atoms with Crippen molar-refractivity contribution in [1.82, 2.24) is 5.32 Å². The monoisotopic (exact) mass is 267 g/mol. The Morgan fingerprint density at radius 2 is 2.26 bits per heavy atom. The third-order valence-corrected chi connectivity index (χ3v) is 2.97. The first-order chi connectivity index (χ1) is 9.08. The van der Waals surface area contributed by atoms with Crippen molar-refractivity contribution in [3.05, 3.63) is 35.1 Å². The molecule has 1 unspecified atom stereocenters. The Morgan fingerprint density at radius 3 is 2.84 bits per heavy atom. The molecule has 19 heavy (non-hydrogen) atoms.